The first-order valence-corrected chi connectivity index (χ1v) is 11.3. The first-order valence-electron chi connectivity index (χ1n) is 10.9. The number of aromatic nitrogens is 5. The first kappa shape index (κ1) is 25.2. The predicted octanol–water partition coefficient (Wildman–Crippen LogP) is 2.79. The Kier molecular flexibility index (Phi) is 7.96. The van der Waals surface area contributed by atoms with E-state index in [4.69, 9.17) is 16.7 Å². The van der Waals surface area contributed by atoms with Crippen molar-refractivity contribution >= 4 is 41.1 Å². The summed E-state index contributed by atoms with van der Waals surface area (Å²) in [5, 5.41) is 26.0. The van der Waals surface area contributed by atoms with Crippen LogP contribution in [0.1, 0.15) is 21.6 Å². The molecule has 0 aliphatic rings. The molecule has 12 heteroatoms. The fourth-order valence-corrected chi connectivity index (χ4v) is 3.57. The van der Waals surface area contributed by atoms with Gasteiger partial charge in [-0.1, -0.05) is 17.7 Å². The molecule has 3 N–H and O–H groups in total. The van der Waals surface area contributed by atoms with Crippen LogP contribution < -0.4 is 10.6 Å². The highest BCUT2D eigenvalue weighted by atomic mass is 35.5. The summed E-state index contributed by atoms with van der Waals surface area (Å²) in [5.41, 5.74) is 2.26. The number of tetrazole rings is 1. The number of anilines is 1. The smallest absolute Gasteiger partial charge is 0.335 e. The third kappa shape index (κ3) is 6.83. The Balaban J connectivity index is 1.51. The van der Waals surface area contributed by atoms with E-state index in [2.05, 4.69) is 31.1 Å². The molecule has 2 aromatic carbocycles. The highest BCUT2D eigenvalue weighted by Crippen LogP contribution is 2.20. The Bertz CT molecular complexity index is 1430. The maximum atomic E-state index is 13.1. The lowest BCUT2D eigenvalue weighted by molar-refractivity contribution is -0.123. The zero-order chi connectivity index (χ0) is 26.2. The molecule has 4 rings (SSSR count). The van der Waals surface area contributed by atoms with Gasteiger partial charge in [0.15, 0.2) is 0 Å². The van der Waals surface area contributed by atoms with Gasteiger partial charge in [-0.15, -0.1) is 5.10 Å². The van der Waals surface area contributed by atoms with Crippen LogP contribution in [0.5, 0.6) is 0 Å². The molecule has 0 saturated carbocycles. The SMILES string of the molecule is O=C(C=Cc1cc(Cl)ccc1-n1cnnn1)N[C@@H](Cc1ccccn1)C(=O)Nc1ccc(C(=O)O)cc1. The van der Waals surface area contributed by atoms with E-state index in [1.54, 1.807) is 48.7 Å². The second-order valence-corrected chi connectivity index (χ2v) is 8.19. The van der Waals surface area contributed by atoms with E-state index in [0.717, 1.165) is 0 Å². The van der Waals surface area contributed by atoms with Gasteiger partial charge in [-0.25, -0.2) is 4.79 Å². The molecule has 1 atom stereocenters. The fourth-order valence-electron chi connectivity index (χ4n) is 3.39. The Labute approximate surface area is 215 Å². The third-order valence-corrected chi connectivity index (χ3v) is 5.41. The summed E-state index contributed by atoms with van der Waals surface area (Å²) in [7, 11) is 0. The molecule has 11 nitrogen and oxygen atoms in total. The van der Waals surface area contributed by atoms with Crippen LogP contribution in [0.3, 0.4) is 0 Å². The maximum Gasteiger partial charge on any atom is 0.335 e. The molecular formula is C25H20ClN7O4. The fraction of sp³-hybridized carbons (Fsp3) is 0.0800. The van der Waals surface area contributed by atoms with E-state index in [0.29, 0.717) is 27.7 Å². The molecule has 0 spiro atoms. The molecule has 37 heavy (non-hydrogen) atoms. The predicted molar refractivity (Wildman–Crippen MR) is 135 cm³/mol. The van der Waals surface area contributed by atoms with Gasteiger partial charge in [0.1, 0.15) is 12.4 Å². The Morgan fingerprint density at radius 2 is 1.89 bits per heavy atom. The summed E-state index contributed by atoms with van der Waals surface area (Å²) < 4.78 is 1.43. The minimum Gasteiger partial charge on any atom is -0.478 e. The Morgan fingerprint density at radius 1 is 1.08 bits per heavy atom. The Morgan fingerprint density at radius 3 is 2.57 bits per heavy atom. The van der Waals surface area contributed by atoms with Crippen LogP contribution in [0.2, 0.25) is 5.02 Å². The van der Waals surface area contributed by atoms with Crippen LogP contribution in [0.25, 0.3) is 11.8 Å². The molecule has 0 radical (unpaired) electrons. The minimum absolute atomic E-state index is 0.0866. The number of rotatable bonds is 9. The standard InChI is InChI=1S/C25H20ClN7O4/c26-18-7-10-22(33-15-28-31-32-33)17(13-18)6-11-23(34)30-21(14-20-3-1-2-12-27-20)24(35)29-19-8-4-16(5-9-19)25(36)37/h1-13,15,21H,14H2,(H,29,35)(H,30,34)(H,36,37)/t21-/m0/s1. The van der Waals surface area contributed by atoms with Gasteiger partial charge in [-0.05, 0) is 71.1 Å². The molecule has 4 aromatic rings. The van der Waals surface area contributed by atoms with Crippen LogP contribution in [0, 0.1) is 0 Å². The minimum atomic E-state index is -1.08. The number of carboxylic acids is 1. The number of aromatic carboxylic acids is 1. The summed E-state index contributed by atoms with van der Waals surface area (Å²) in [6.07, 6.45) is 5.96. The van der Waals surface area contributed by atoms with Gasteiger partial charge in [-0.2, -0.15) is 4.68 Å². The number of nitrogens with zero attached hydrogens (tertiary/aromatic N) is 5. The number of nitrogens with one attached hydrogen (secondary N) is 2. The van der Waals surface area contributed by atoms with E-state index in [1.165, 1.54) is 41.4 Å². The highest BCUT2D eigenvalue weighted by molar-refractivity contribution is 6.30. The third-order valence-electron chi connectivity index (χ3n) is 5.17. The van der Waals surface area contributed by atoms with E-state index >= 15 is 0 Å². The van der Waals surface area contributed by atoms with E-state index in [-0.39, 0.29) is 12.0 Å². The summed E-state index contributed by atoms with van der Waals surface area (Å²) in [5.74, 6) is -2.10. The number of carboxylic acid groups (broad SMARTS) is 1. The van der Waals surface area contributed by atoms with Crippen molar-refractivity contribution in [3.8, 4) is 5.69 Å². The quantitative estimate of drug-likeness (QED) is 0.286. The zero-order valence-electron chi connectivity index (χ0n) is 19.2. The highest BCUT2D eigenvalue weighted by Gasteiger charge is 2.21. The number of pyridine rings is 1. The first-order chi connectivity index (χ1) is 17.9. The van der Waals surface area contributed by atoms with Crippen LogP contribution in [0.4, 0.5) is 5.69 Å². The summed E-state index contributed by atoms with van der Waals surface area (Å²) in [6, 6.07) is 15.0. The van der Waals surface area contributed by atoms with Crippen molar-refractivity contribution in [2.24, 2.45) is 0 Å². The summed E-state index contributed by atoms with van der Waals surface area (Å²) in [6.45, 7) is 0. The van der Waals surface area contributed by atoms with Gasteiger partial charge < -0.3 is 15.7 Å². The van der Waals surface area contributed by atoms with Crippen LogP contribution in [-0.2, 0) is 16.0 Å². The van der Waals surface area contributed by atoms with Gasteiger partial charge in [0, 0.05) is 40.7 Å². The van der Waals surface area contributed by atoms with Crippen LogP contribution in [0.15, 0.2) is 79.3 Å². The normalized spacial score (nSPS) is 11.7. The molecule has 0 fully saturated rings. The zero-order valence-corrected chi connectivity index (χ0v) is 19.9. The van der Waals surface area contributed by atoms with Crippen molar-refractivity contribution in [3.05, 3.63) is 101 Å². The van der Waals surface area contributed by atoms with Crippen molar-refractivity contribution < 1.29 is 19.5 Å². The second-order valence-electron chi connectivity index (χ2n) is 7.75. The van der Waals surface area contributed by atoms with Crippen LogP contribution in [-0.4, -0.2) is 54.1 Å². The van der Waals surface area contributed by atoms with Crippen molar-refractivity contribution in [2.45, 2.75) is 12.5 Å². The molecule has 2 aromatic heterocycles. The van der Waals surface area contributed by atoms with Crippen molar-refractivity contribution in [2.75, 3.05) is 5.32 Å². The van der Waals surface area contributed by atoms with Crippen LogP contribution >= 0.6 is 11.6 Å². The van der Waals surface area contributed by atoms with Crippen molar-refractivity contribution in [1.29, 1.82) is 0 Å². The molecule has 0 saturated heterocycles. The molecule has 0 aliphatic carbocycles. The number of carbonyl (C=O) groups excluding carboxylic acids is 2. The largest absolute Gasteiger partial charge is 0.478 e. The summed E-state index contributed by atoms with van der Waals surface area (Å²) in [4.78, 5) is 41.2. The van der Waals surface area contributed by atoms with Gasteiger partial charge in [0.25, 0.3) is 0 Å². The number of benzene rings is 2. The van der Waals surface area contributed by atoms with Gasteiger partial charge in [0.2, 0.25) is 11.8 Å². The number of hydrogen-bond donors (Lipinski definition) is 3. The van der Waals surface area contributed by atoms with Gasteiger partial charge >= 0.3 is 5.97 Å². The molecular weight excluding hydrogens is 498 g/mol. The second kappa shape index (κ2) is 11.7. The average molecular weight is 518 g/mol. The molecule has 0 unspecified atom stereocenters. The van der Waals surface area contributed by atoms with E-state index in [9.17, 15) is 14.4 Å². The topological polar surface area (TPSA) is 152 Å². The molecule has 0 bridgehead atoms. The lowest BCUT2D eigenvalue weighted by atomic mass is 10.1. The maximum absolute atomic E-state index is 13.1. The molecule has 0 aliphatic heterocycles. The summed E-state index contributed by atoms with van der Waals surface area (Å²) >= 11 is 6.13. The number of hydrogen-bond acceptors (Lipinski definition) is 7. The lowest BCUT2D eigenvalue weighted by Crippen LogP contribution is -2.44. The molecule has 2 amide bonds. The number of amides is 2. The van der Waals surface area contributed by atoms with Gasteiger partial charge in [-0.3, -0.25) is 14.6 Å². The van der Waals surface area contributed by atoms with Crippen molar-refractivity contribution in [1.82, 2.24) is 30.5 Å². The van der Waals surface area contributed by atoms with E-state index in [1.807, 2.05) is 0 Å². The van der Waals surface area contributed by atoms with E-state index < -0.39 is 23.8 Å². The van der Waals surface area contributed by atoms with Gasteiger partial charge in [0.05, 0.1) is 11.3 Å². The number of carbonyl (C=O) groups is 3. The Hall–Kier alpha value is -4.90. The molecule has 186 valence electrons. The average Bonchev–Trinajstić information content (AvgIpc) is 3.43. The number of halogens is 1. The monoisotopic (exact) mass is 517 g/mol. The molecule has 2 heterocycles. The van der Waals surface area contributed by atoms with Crippen molar-refractivity contribution in [3.63, 3.8) is 0 Å². The lowest BCUT2D eigenvalue weighted by Gasteiger charge is -2.17.